The molecular weight excluding hydrogens is 247 g/mol. The molecule has 0 radical (unpaired) electrons. The first-order valence-electron chi connectivity index (χ1n) is 6.06. The number of aromatic nitrogens is 6. The van der Waals surface area contributed by atoms with Gasteiger partial charge in [-0.3, -0.25) is 4.39 Å². The molecule has 98 valence electrons. The van der Waals surface area contributed by atoms with Crippen LogP contribution in [0.15, 0.2) is 31.4 Å². The highest BCUT2D eigenvalue weighted by atomic mass is 19.1. The largest absolute Gasteiger partial charge is 0.331 e. The number of fused-ring (bicyclic) bond motifs is 1. The first-order valence-corrected chi connectivity index (χ1v) is 6.06. The quantitative estimate of drug-likeness (QED) is 0.693. The molecule has 0 spiro atoms. The lowest BCUT2D eigenvalue weighted by Crippen LogP contribution is -2.08. The van der Waals surface area contributed by atoms with Crippen LogP contribution in [0.25, 0.3) is 5.65 Å². The highest BCUT2D eigenvalue weighted by molar-refractivity contribution is 5.48. The van der Waals surface area contributed by atoms with Crippen molar-refractivity contribution >= 4 is 5.65 Å². The molecule has 19 heavy (non-hydrogen) atoms. The Labute approximate surface area is 108 Å². The van der Waals surface area contributed by atoms with Crippen LogP contribution in [0.5, 0.6) is 0 Å². The van der Waals surface area contributed by atoms with Gasteiger partial charge in [0.05, 0.1) is 25.2 Å². The van der Waals surface area contributed by atoms with Gasteiger partial charge < -0.3 is 4.57 Å². The van der Waals surface area contributed by atoms with Gasteiger partial charge in [-0.05, 0) is 12.8 Å². The van der Waals surface area contributed by atoms with E-state index in [0.29, 0.717) is 19.4 Å². The Hall–Kier alpha value is -2.31. The van der Waals surface area contributed by atoms with Gasteiger partial charge in [-0.25, -0.2) is 19.5 Å². The Morgan fingerprint density at radius 2 is 2.16 bits per heavy atom. The Balaban J connectivity index is 2.01. The average molecular weight is 260 g/mol. The van der Waals surface area contributed by atoms with Crippen LogP contribution < -0.4 is 0 Å². The maximum Gasteiger partial charge on any atom is 0.162 e. The van der Waals surface area contributed by atoms with E-state index in [1.54, 1.807) is 23.4 Å². The molecule has 3 rings (SSSR count). The molecule has 7 heteroatoms. The van der Waals surface area contributed by atoms with Crippen LogP contribution in [-0.2, 0) is 13.0 Å². The fourth-order valence-electron chi connectivity index (χ4n) is 2.07. The molecule has 0 saturated heterocycles. The van der Waals surface area contributed by atoms with E-state index in [0.717, 1.165) is 16.9 Å². The lowest BCUT2D eigenvalue weighted by molar-refractivity contribution is 0.472. The van der Waals surface area contributed by atoms with E-state index in [1.807, 2.05) is 10.8 Å². The number of rotatable bonds is 5. The Bertz CT molecular complexity index is 660. The van der Waals surface area contributed by atoms with Gasteiger partial charge in [0.1, 0.15) is 12.7 Å². The second-order valence-electron chi connectivity index (χ2n) is 4.23. The van der Waals surface area contributed by atoms with E-state index in [-0.39, 0.29) is 6.67 Å². The molecule has 6 nitrogen and oxygen atoms in total. The van der Waals surface area contributed by atoms with Gasteiger partial charge in [0, 0.05) is 18.0 Å². The SMILES string of the molecule is FCCCc1c(Cn2ccnc2)ncn2ncnc12. The van der Waals surface area contributed by atoms with E-state index in [1.165, 1.54) is 6.33 Å². The first-order chi connectivity index (χ1) is 9.38. The number of imidazole rings is 1. The second-order valence-corrected chi connectivity index (χ2v) is 4.23. The van der Waals surface area contributed by atoms with Crippen molar-refractivity contribution in [3.63, 3.8) is 0 Å². The summed E-state index contributed by atoms with van der Waals surface area (Å²) in [7, 11) is 0. The minimum atomic E-state index is -0.348. The van der Waals surface area contributed by atoms with E-state index in [9.17, 15) is 4.39 Å². The molecule has 0 unspecified atom stereocenters. The molecule has 3 heterocycles. The average Bonchev–Trinajstić information content (AvgIpc) is 3.07. The van der Waals surface area contributed by atoms with Gasteiger partial charge in [0.15, 0.2) is 5.65 Å². The molecular formula is C12H13FN6. The molecule has 0 atom stereocenters. The van der Waals surface area contributed by atoms with Crippen LogP contribution in [0.3, 0.4) is 0 Å². The van der Waals surface area contributed by atoms with Crippen LogP contribution in [0, 0.1) is 0 Å². The summed E-state index contributed by atoms with van der Waals surface area (Å²) >= 11 is 0. The number of halogens is 1. The Morgan fingerprint density at radius 3 is 2.95 bits per heavy atom. The molecule has 0 amide bonds. The molecule has 0 aliphatic rings. The van der Waals surface area contributed by atoms with Crippen molar-refractivity contribution in [3.8, 4) is 0 Å². The summed E-state index contributed by atoms with van der Waals surface area (Å²) in [6.45, 7) is 0.255. The third kappa shape index (κ3) is 2.31. The summed E-state index contributed by atoms with van der Waals surface area (Å²) in [6.07, 6.45) is 9.51. The lowest BCUT2D eigenvalue weighted by Gasteiger charge is -2.09. The molecule has 0 aliphatic carbocycles. The molecule has 3 aromatic heterocycles. The van der Waals surface area contributed by atoms with Crippen molar-refractivity contribution in [3.05, 3.63) is 42.6 Å². The maximum absolute atomic E-state index is 12.4. The van der Waals surface area contributed by atoms with Crippen LogP contribution >= 0.6 is 0 Å². The van der Waals surface area contributed by atoms with Crippen molar-refractivity contribution in [2.45, 2.75) is 19.4 Å². The summed E-state index contributed by atoms with van der Waals surface area (Å²) in [5.74, 6) is 0. The van der Waals surface area contributed by atoms with Crippen LogP contribution in [0.4, 0.5) is 4.39 Å². The van der Waals surface area contributed by atoms with Gasteiger partial charge >= 0.3 is 0 Å². The summed E-state index contributed by atoms with van der Waals surface area (Å²) < 4.78 is 16.0. The fraction of sp³-hybridized carbons (Fsp3) is 0.333. The van der Waals surface area contributed by atoms with E-state index < -0.39 is 0 Å². The smallest absolute Gasteiger partial charge is 0.162 e. The lowest BCUT2D eigenvalue weighted by atomic mass is 10.1. The zero-order chi connectivity index (χ0) is 13.1. The number of hydrogen-bond acceptors (Lipinski definition) is 4. The highest BCUT2D eigenvalue weighted by Crippen LogP contribution is 2.15. The third-order valence-corrected chi connectivity index (χ3v) is 2.97. The van der Waals surface area contributed by atoms with Gasteiger partial charge in [0.2, 0.25) is 0 Å². The highest BCUT2D eigenvalue weighted by Gasteiger charge is 2.11. The number of aryl methyl sites for hydroxylation is 1. The van der Waals surface area contributed by atoms with E-state index >= 15 is 0 Å². The fourth-order valence-corrected chi connectivity index (χ4v) is 2.07. The monoisotopic (exact) mass is 260 g/mol. The molecule has 0 aromatic carbocycles. The van der Waals surface area contributed by atoms with Gasteiger partial charge in [0.25, 0.3) is 0 Å². The van der Waals surface area contributed by atoms with Crippen LogP contribution in [-0.4, -0.2) is 35.8 Å². The number of hydrogen-bond donors (Lipinski definition) is 0. The normalized spacial score (nSPS) is 11.2. The minimum Gasteiger partial charge on any atom is -0.331 e. The molecule has 0 N–H and O–H groups in total. The van der Waals surface area contributed by atoms with Crippen molar-refractivity contribution in [2.24, 2.45) is 0 Å². The molecule has 0 aliphatic heterocycles. The summed E-state index contributed by atoms with van der Waals surface area (Å²) in [4.78, 5) is 12.6. The summed E-state index contributed by atoms with van der Waals surface area (Å²) in [5, 5.41) is 4.06. The first kappa shape index (κ1) is 11.8. The van der Waals surface area contributed by atoms with Crippen LogP contribution in [0.2, 0.25) is 0 Å². The topological polar surface area (TPSA) is 60.9 Å². The van der Waals surface area contributed by atoms with Crippen molar-refractivity contribution in [1.82, 2.24) is 29.1 Å². The number of alkyl halides is 1. The van der Waals surface area contributed by atoms with Gasteiger partial charge in [-0.1, -0.05) is 0 Å². The van der Waals surface area contributed by atoms with Crippen molar-refractivity contribution in [1.29, 1.82) is 0 Å². The third-order valence-electron chi connectivity index (χ3n) is 2.97. The second kappa shape index (κ2) is 5.13. The van der Waals surface area contributed by atoms with Gasteiger partial charge in [-0.2, -0.15) is 5.10 Å². The summed E-state index contributed by atoms with van der Waals surface area (Å²) in [6, 6.07) is 0. The van der Waals surface area contributed by atoms with Crippen LogP contribution in [0.1, 0.15) is 17.7 Å². The summed E-state index contributed by atoms with van der Waals surface area (Å²) in [5.41, 5.74) is 2.58. The molecule has 0 fully saturated rings. The predicted octanol–water partition coefficient (Wildman–Crippen LogP) is 1.27. The van der Waals surface area contributed by atoms with E-state index in [4.69, 9.17) is 0 Å². The zero-order valence-corrected chi connectivity index (χ0v) is 10.3. The maximum atomic E-state index is 12.4. The molecule has 0 bridgehead atoms. The van der Waals surface area contributed by atoms with E-state index in [2.05, 4.69) is 20.1 Å². The number of nitrogens with zero attached hydrogens (tertiary/aromatic N) is 6. The predicted molar refractivity (Wildman–Crippen MR) is 66.4 cm³/mol. The zero-order valence-electron chi connectivity index (χ0n) is 10.3. The standard InChI is InChI=1S/C12H13FN6/c13-3-1-2-10-11(6-18-5-4-14-8-18)16-9-19-12(10)15-7-17-19/h4-5,7-9H,1-3,6H2. The van der Waals surface area contributed by atoms with Crippen molar-refractivity contribution in [2.75, 3.05) is 6.67 Å². The molecule has 3 aromatic rings. The van der Waals surface area contributed by atoms with Gasteiger partial charge in [-0.15, -0.1) is 0 Å². The molecule has 0 saturated carbocycles. The Morgan fingerprint density at radius 1 is 1.21 bits per heavy atom. The van der Waals surface area contributed by atoms with Crippen molar-refractivity contribution < 1.29 is 4.39 Å². The Kier molecular flexibility index (Phi) is 3.18. The minimum absolute atomic E-state index is 0.348.